The third-order valence-electron chi connectivity index (χ3n) is 3.53. The van der Waals surface area contributed by atoms with Crippen LogP contribution in [0.15, 0.2) is 0 Å². The number of rotatable bonds is 5. The minimum Gasteiger partial charge on any atom is -0.446 e. The van der Waals surface area contributed by atoms with Crippen molar-refractivity contribution in [2.45, 2.75) is 40.2 Å². The summed E-state index contributed by atoms with van der Waals surface area (Å²) < 4.78 is 10.6. The fourth-order valence-corrected chi connectivity index (χ4v) is 1.70. The second-order valence-electron chi connectivity index (χ2n) is 6.15. The van der Waals surface area contributed by atoms with Gasteiger partial charge >= 0.3 is 6.09 Å². The molecule has 0 radical (unpaired) electrons. The second-order valence-corrected chi connectivity index (χ2v) is 6.15. The first kappa shape index (κ1) is 16.2. The monoisotopic (exact) mass is 272 g/mol. The molecule has 1 unspecified atom stereocenters. The molecule has 1 saturated heterocycles. The summed E-state index contributed by atoms with van der Waals surface area (Å²) in [4.78, 5) is 13.9. The summed E-state index contributed by atoms with van der Waals surface area (Å²) in [6, 6.07) is 0. The van der Waals surface area contributed by atoms with E-state index in [1.165, 1.54) is 0 Å². The first-order valence-corrected chi connectivity index (χ1v) is 7.14. The molecule has 0 aromatic carbocycles. The molecular formula is C14H28N2O3. The average Bonchev–Trinajstić information content (AvgIpc) is 2.35. The molecule has 1 atom stereocenters. The number of carbonyl (C=O) groups excluding carboxylic acids is 1. The summed E-state index contributed by atoms with van der Waals surface area (Å²) in [5, 5.41) is 2.81. The Bertz CT molecular complexity index is 270. The van der Waals surface area contributed by atoms with E-state index in [0.29, 0.717) is 6.54 Å². The molecule has 112 valence electrons. The molecule has 1 heterocycles. The van der Waals surface area contributed by atoms with Gasteiger partial charge in [-0.25, -0.2) is 4.79 Å². The molecule has 1 aliphatic heterocycles. The van der Waals surface area contributed by atoms with Crippen LogP contribution in [0.1, 0.15) is 34.1 Å². The lowest BCUT2D eigenvalue weighted by Crippen LogP contribution is -2.39. The zero-order valence-electron chi connectivity index (χ0n) is 12.7. The van der Waals surface area contributed by atoms with Gasteiger partial charge in [-0.15, -0.1) is 0 Å². The zero-order valence-corrected chi connectivity index (χ0v) is 12.7. The van der Waals surface area contributed by atoms with E-state index in [0.717, 1.165) is 39.3 Å². The van der Waals surface area contributed by atoms with Crippen molar-refractivity contribution in [3.63, 3.8) is 0 Å². The van der Waals surface area contributed by atoms with Gasteiger partial charge in [0, 0.05) is 19.6 Å². The Labute approximate surface area is 116 Å². The Morgan fingerprint density at radius 1 is 1.37 bits per heavy atom. The Balaban J connectivity index is 2.07. The fourth-order valence-electron chi connectivity index (χ4n) is 1.70. The highest BCUT2D eigenvalue weighted by Crippen LogP contribution is 2.21. The molecule has 0 spiro atoms. The molecule has 1 N–H and O–H groups in total. The first-order chi connectivity index (χ1) is 8.89. The molecule has 0 bridgehead atoms. The van der Waals surface area contributed by atoms with Gasteiger partial charge < -0.3 is 14.8 Å². The predicted octanol–water partition coefficient (Wildman–Crippen LogP) is 1.87. The van der Waals surface area contributed by atoms with Gasteiger partial charge in [0.05, 0.1) is 13.2 Å². The normalized spacial score (nSPS) is 18.9. The highest BCUT2D eigenvalue weighted by Gasteiger charge is 2.23. The maximum atomic E-state index is 11.6. The molecule has 1 fully saturated rings. The van der Waals surface area contributed by atoms with Crippen molar-refractivity contribution in [2.75, 3.05) is 39.4 Å². The van der Waals surface area contributed by atoms with Crippen molar-refractivity contribution in [3.05, 3.63) is 0 Å². The smallest absolute Gasteiger partial charge is 0.407 e. The SMILES string of the molecule is CC(OC(=O)NCCCN1CCOCC1)C(C)(C)C. The number of amides is 1. The van der Waals surface area contributed by atoms with Gasteiger partial charge in [0.25, 0.3) is 0 Å². The third kappa shape index (κ3) is 6.78. The van der Waals surface area contributed by atoms with E-state index in [2.05, 4.69) is 31.0 Å². The molecule has 0 aliphatic carbocycles. The van der Waals surface area contributed by atoms with E-state index in [4.69, 9.17) is 9.47 Å². The van der Waals surface area contributed by atoms with Gasteiger partial charge in [0.1, 0.15) is 6.10 Å². The van der Waals surface area contributed by atoms with Crippen LogP contribution in [0.2, 0.25) is 0 Å². The maximum absolute atomic E-state index is 11.6. The Hall–Kier alpha value is -0.810. The average molecular weight is 272 g/mol. The molecule has 0 saturated carbocycles. The minimum absolute atomic E-state index is 0.0227. The molecule has 5 heteroatoms. The predicted molar refractivity (Wildman–Crippen MR) is 75.3 cm³/mol. The van der Waals surface area contributed by atoms with Crippen molar-refractivity contribution >= 4 is 6.09 Å². The van der Waals surface area contributed by atoms with Crippen molar-refractivity contribution in [1.82, 2.24) is 10.2 Å². The maximum Gasteiger partial charge on any atom is 0.407 e. The summed E-state index contributed by atoms with van der Waals surface area (Å²) in [6.45, 7) is 13.4. The molecule has 1 amide bonds. The van der Waals surface area contributed by atoms with Crippen LogP contribution in [0.25, 0.3) is 0 Å². The highest BCUT2D eigenvalue weighted by molar-refractivity contribution is 5.67. The molecule has 1 rings (SSSR count). The summed E-state index contributed by atoms with van der Waals surface area (Å²) in [5.74, 6) is 0. The Morgan fingerprint density at radius 2 is 2.00 bits per heavy atom. The molecule has 19 heavy (non-hydrogen) atoms. The van der Waals surface area contributed by atoms with E-state index in [1.54, 1.807) is 0 Å². The quantitative estimate of drug-likeness (QED) is 0.776. The molecule has 1 aliphatic rings. The summed E-state index contributed by atoms with van der Waals surface area (Å²) in [5.41, 5.74) is -0.0227. The summed E-state index contributed by atoms with van der Waals surface area (Å²) in [6.07, 6.45) is 0.537. The van der Waals surface area contributed by atoms with Crippen LogP contribution in [0.3, 0.4) is 0 Å². The van der Waals surface area contributed by atoms with Crippen molar-refractivity contribution in [3.8, 4) is 0 Å². The first-order valence-electron chi connectivity index (χ1n) is 7.14. The van der Waals surface area contributed by atoms with Crippen LogP contribution in [-0.4, -0.2) is 56.5 Å². The molecule has 0 aromatic rings. The van der Waals surface area contributed by atoms with Crippen molar-refractivity contribution in [1.29, 1.82) is 0 Å². The van der Waals surface area contributed by atoms with Crippen LogP contribution in [-0.2, 0) is 9.47 Å². The Kier molecular flexibility index (Phi) is 6.58. The minimum atomic E-state index is -0.315. The van der Waals surface area contributed by atoms with Gasteiger partial charge in [-0.3, -0.25) is 4.90 Å². The van der Waals surface area contributed by atoms with Crippen molar-refractivity contribution < 1.29 is 14.3 Å². The van der Waals surface area contributed by atoms with E-state index in [1.807, 2.05) is 6.92 Å². The van der Waals surface area contributed by atoms with Crippen LogP contribution in [0.4, 0.5) is 4.79 Å². The third-order valence-corrected chi connectivity index (χ3v) is 3.53. The summed E-state index contributed by atoms with van der Waals surface area (Å²) in [7, 11) is 0. The number of nitrogens with zero attached hydrogens (tertiary/aromatic N) is 1. The van der Waals surface area contributed by atoms with Crippen molar-refractivity contribution in [2.24, 2.45) is 5.41 Å². The lowest BCUT2D eigenvalue weighted by Gasteiger charge is -2.27. The lowest BCUT2D eigenvalue weighted by molar-refractivity contribution is 0.0356. The van der Waals surface area contributed by atoms with Gasteiger partial charge in [-0.2, -0.15) is 0 Å². The highest BCUT2D eigenvalue weighted by atomic mass is 16.6. The Morgan fingerprint density at radius 3 is 2.58 bits per heavy atom. The van der Waals surface area contributed by atoms with Gasteiger partial charge in [0.15, 0.2) is 0 Å². The van der Waals surface area contributed by atoms with E-state index < -0.39 is 0 Å². The number of carbonyl (C=O) groups is 1. The number of hydrogen-bond donors (Lipinski definition) is 1. The number of ether oxygens (including phenoxy) is 2. The number of morpholine rings is 1. The van der Waals surface area contributed by atoms with Crippen LogP contribution < -0.4 is 5.32 Å². The molecule has 5 nitrogen and oxygen atoms in total. The second kappa shape index (κ2) is 7.70. The van der Waals surface area contributed by atoms with Gasteiger partial charge in [-0.05, 0) is 25.3 Å². The topological polar surface area (TPSA) is 50.8 Å². The lowest BCUT2D eigenvalue weighted by atomic mass is 9.90. The standard InChI is InChI=1S/C14H28N2O3/c1-12(14(2,3)4)19-13(17)15-6-5-7-16-8-10-18-11-9-16/h12H,5-11H2,1-4H3,(H,15,17). The van der Waals surface area contributed by atoms with Crippen LogP contribution >= 0.6 is 0 Å². The summed E-state index contributed by atoms with van der Waals surface area (Å²) >= 11 is 0. The number of nitrogens with one attached hydrogen (secondary N) is 1. The zero-order chi connectivity index (χ0) is 14.3. The van der Waals surface area contributed by atoms with Gasteiger partial charge in [0.2, 0.25) is 0 Å². The van der Waals surface area contributed by atoms with Crippen LogP contribution in [0.5, 0.6) is 0 Å². The largest absolute Gasteiger partial charge is 0.446 e. The fraction of sp³-hybridized carbons (Fsp3) is 0.929. The van der Waals surface area contributed by atoms with Crippen LogP contribution in [0, 0.1) is 5.41 Å². The molecule has 0 aromatic heterocycles. The number of hydrogen-bond acceptors (Lipinski definition) is 4. The van der Waals surface area contributed by atoms with Gasteiger partial charge in [-0.1, -0.05) is 20.8 Å². The molecular weight excluding hydrogens is 244 g/mol. The van der Waals surface area contributed by atoms with E-state index in [9.17, 15) is 4.79 Å². The van der Waals surface area contributed by atoms with E-state index in [-0.39, 0.29) is 17.6 Å². The number of alkyl carbamates (subject to hydrolysis) is 1. The van der Waals surface area contributed by atoms with E-state index >= 15 is 0 Å².